The minimum atomic E-state index is 0.385. The molecule has 0 radical (unpaired) electrons. The van der Waals surface area contributed by atoms with Gasteiger partial charge in [0.2, 0.25) is 0 Å². The van der Waals surface area contributed by atoms with Gasteiger partial charge in [0.05, 0.1) is 6.04 Å². The van der Waals surface area contributed by atoms with Gasteiger partial charge in [-0.15, -0.1) is 0 Å². The SMILES string of the molecule is CCCC(c1nc2cc(Br)cnc2n1CCC)N1CCCN(CC)CC1. The van der Waals surface area contributed by atoms with Crippen molar-refractivity contribution in [3.8, 4) is 0 Å². The number of hydrogen-bond acceptors (Lipinski definition) is 4. The highest BCUT2D eigenvalue weighted by atomic mass is 79.9. The first kappa shape index (κ1) is 19.8. The number of likely N-dealkylation sites (N-methyl/N-ethyl adjacent to an activating group) is 1. The number of fused-ring (bicyclic) bond motifs is 1. The highest BCUT2D eigenvalue weighted by Gasteiger charge is 2.27. The zero-order valence-corrected chi connectivity index (χ0v) is 18.0. The molecule has 1 fully saturated rings. The van der Waals surface area contributed by atoms with Crippen LogP contribution in [0.1, 0.15) is 58.3 Å². The maximum atomic E-state index is 5.07. The quantitative estimate of drug-likeness (QED) is 0.660. The molecule has 5 nitrogen and oxygen atoms in total. The lowest BCUT2D eigenvalue weighted by Crippen LogP contribution is -2.35. The van der Waals surface area contributed by atoms with E-state index in [0.717, 1.165) is 61.2 Å². The molecule has 0 bridgehead atoms. The van der Waals surface area contributed by atoms with E-state index < -0.39 is 0 Å². The molecule has 1 saturated heterocycles. The van der Waals surface area contributed by atoms with Gasteiger partial charge in [-0.2, -0.15) is 0 Å². The molecule has 3 rings (SSSR count). The van der Waals surface area contributed by atoms with Crippen LogP contribution < -0.4 is 0 Å². The molecule has 1 aliphatic heterocycles. The predicted octanol–water partition coefficient (Wildman–Crippen LogP) is 4.47. The van der Waals surface area contributed by atoms with Gasteiger partial charge in [-0.1, -0.05) is 27.2 Å². The Balaban J connectivity index is 1.97. The van der Waals surface area contributed by atoms with Crippen LogP contribution in [0.25, 0.3) is 11.2 Å². The first-order valence-corrected chi connectivity index (χ1v) is 10.9. The van der Waals surface area contributed by atoms with E-state index in [1.165, 1.54) is 25.2 Å². The molecule has 0 amide bonds. The van der Waals surface area contributed by atoms with Gasteiger partial charge in [-0.25, -0.2) is 9.97 Å². The number of nitrogens with zero attached hydrogens (tertiary/aromatic N) is 5. The van der Waals surface area contributed by atoms with Crippen LogP contribution in [0.5, 0.6) is 0 Å². The van der Waals surface area contributed by atoms with E-state index in [1.807, 2.05) is 6.20 Å². The lowest BCUT2D eigenvalue weighted by molar-refractivity contribution is 0.179. The lowest BCUT2D eigenvalue weighted by atomic mass is 10.1. The van der Waals surface area contributed by atoms with E-state index >= 15 is 0 Å². The Bertz CT molecular complexity index is 714. The third-order valence-electron chi connectivity index (χ3n) is 5.40. The second-order valence-electron chi connectivity index (χ2n) is 7.25. The van der Waals surface area contributed by atoms with E-state index in [4.69, 9.17) is 4.98 Å². The van der Waals surface area contributed by atoms with Crippen molar-refractivity contribution < 1.29 is 0 Å². The van der Waals surface area contributed by atoms with Crippen LogP contribution in [-0.2, 0) is 6.54 Å². The maximum absolute atomic E-state index is 5.07. The van der Waals surface area contributed by atoms with E-state index in [2.05, 4.69) is 62.1 Å². The summed E-state index contributed by atoms with van der Waals surface area (Å²) in [6.07, 6.45) is 6.55. The summed E-state index contributed by atoms with van der Waals surface area (Å²) < 4.78 is 3.36. The maximum Gasteiger partial charge on any atom is 0.160 e. The highest BCUT2D eigenvalue weighted by Crippen LogP contribution is 2.30. The number of aromatic nitrogens is 3. The fourth-order valence-corrected chi connectivity index (χ4v) is 4.39. The van der Waals surface area contributed by atoms with E-state index in [1.54, 1.807) is 0 Å². The average Bonchev–Trinajstić information content (AvgIpc) is 2.82. The number of imidazole rings is 1. The topological polar surface area (TPSA) is 37.2 Å². The van der Waals surface area contributed by atoms with Gasteiger partial charge in [0.1, 0.15) is 11.3 Å². The fourth-order valence-electron chi connectivity index (χ4n) is 4.07. The molecule has 6 heteroatoms. The Hall–Kier alpha value is -0.980. The monoisotopic (exact) mass is 421 g/mol. The van der Waals surface area contributed by atoms with Gasteiger partial charge < -0.3 is 9.47 Å². The number of rotatable bonds is 7. The Labute approximate surface area is 165 Å². The minimum absolute atomic E-state index is 0.385. The van der Waals surface area contributed by atoms with Crippen molar-refractivity contribution in [3.63, 3.8) is 0 Å². The summed E-state index contributed by atoms with van der Waals surface area (Å²) in [5, 5.41) is 0. The lowest BCUT2D eigenvalue weighted by Gasteiger charge is -2.30. The van der Waals surface area contributed by atoms with Crippen molar-refractivity contribution in [2.45, 2.75) is 59.0 Å². The van der Waals surface area contributed by atoms with Crippen LogP contribution >= 0.6 is 15.9 Å². The van der Waals surface area contributed by atoms with Crippen LogP contribution in [-0.4, -0.2) is 57.1 Å². The zero-order valence-electron chi connectivity index (χ0n) is 16.4. The standard InChI is InChI=1S/C20H32BrN5/c1-4-8-18(25-11-7-10-24(6-3)12-13-25)20-23-17-14-16(21)15-22-19(17)26(20)9-5-2/h14-15,18H,4-13H2,1-3H3. The van der Waals surface area contributed by atoms with Crippen LogP contribution in [0.15, 0.2) is 16.7 Å². The molecule has 1 unspecified atom stereocenters. The largest absolute Gasteiger partial charge is 0.311 e. The van der Waals surface area contributed by atoms with Crippen molar-refractivity contribution in [1.82, 2.24) is 24.3 Å². The second-order valence-corrected chi connectivity index (χ2v) is 8.16. The Morgan fingerprint density at radius 1 is 1.12 bits per heavy atom. The Morgan fingerprint density at radius 2 is 1.96 bits per heavy atom. The normalized spacial score (nSPS) is 18.3. The summed E-state index contributed by atoms with van der Waals surface area (Å²) in [7, 11) is 0. The molecule has 26 heavy (non-hydrogen) atoms. The summed E-state index contributed by atoms with van der Waals surface area (Å²) in [5.41, 5.74) is 2.03. The molecular formula is C20H32BrN5. The molecule has 144 valence electrons. The molecule has 0 aromatic carbocycles. The number of halogens is 1. The first-order chi connectivity index (χ1) is 12.7. The average molecular weight is 422 g/mol. The number of aryl methyl sites for hydroxylation is 1. The zero-order chi connectivity index (χ0) is 18.5. The summed E-state index contributed by atoms with van der Waals surface area (Å²) >= 11 is 3.55. The van der Waals surface area contributed by atoms with Crippen molar-refractivity contribution in [2.24, 2.45) is 0 Å². The van der Waals surface area contributed by atoms with Crippen molar-refractivity contribution in [2.75, 3.05) is 32.7 Å². The predicted molar refractivity (Wildman–Crippen MR) is 111 cm³/mol. The molecule has 0 spiro atoms. The van der Waals surface area contributed by atoms with Gasteiger partial charge in [-0.3, -0.25) is 4.90 Å². The first-order valence-electron chi connectivity index (χ1n) is 10.2. The summed E-state index contributed by atoms with van der Waals surface area (Å²) in [6.45, 7) is 13.6. The van der Waals surface area contributed by atoms with E-state index in [0.29, 0.717) is 6.04 Å². The smallest absolute Gasteiger partial charge is 0.160 e. The number of hydrogen-bond donors (Lipinski definition) is 0. The van der Waals surface area contributed by atoms with Gasteiger partial charge in [-0.05, 0) is 54.3 Å². The summed E-state index contributed by atoms with van der Waals surface area (Å²) in [6, 6.07) is 2.48. The van der Waals surface area contributed by atoms with Gasteiger partial charge in [0.15, 0.2) is 5.65 Å². The van der Waals surface area contributed by atoms with Gasteiger partial charge in [0.25, 0.3) is 0 Å². The van der Waals surface area contributed by atoms with Crippen LogP contribution in [0, 0.1) is 0 Å². The Morgan fingerprint density at radius 3 is 2.69 bits per heavy atom. The molecule has 0 aliphatic carbocycles. The Kier molecular flexibility index (Phi) is 7.06. The van der Waals surface area contributed by atoms with Crippen molar-refractivity contribution in [1.29, 1.82) is 0 Å². The summed E-state index contributed by atoms with van der Waals surface area (Å²) in [5.74, 6) is 1.21. The second kappa shape index (κ2) is 9.29. The molecule has 1 aliphatic rings. The third-order valence-corrected chi connectivity index (χ3v) is 5.83. The molecule has 1 atom stereocenters. The molecule has 3 heterocycles. The van der Waals surface area contributed by atoms with Crippen LogP contribution in [0.3, 0.4) is 0 Å². The molecule has 2 aromatic rings. The molecular weight excluding hydrogens is 390 g/mol. The molecule has 0 saturated carbocycles. The number of pyridine rings is 1. The van der Waals surface area contributed by atoms with Crippen molar-refractivity contribution in [3.05, 3.63) is 22.6 Å². The van der Waals surface area contributed by atoms with Crippen LogP contribution in [0.4, 0.5) is 0 Å². The van der Waals surface area contributed by atoms with Crippen molar-refractivity contribution >= 4 is 27.1 Å². The third kappa shape index (κ3) is 4.29. The minimum Gasteiger partial charge on any atom is -0.311 e. The van der Waals surface area contributed by atoms with Crippen LogP contribution in [0.2, 0.25) is 0 Å². The van der Waals surface area contributed by atoms with Gasteiger partial charge >= 0.3 is 0 Å². The summed E-state index contributed by atoms with van der Waals surface area (Å²) in [4.78, 5) is 15.0. The van der Waals surface area contributed by atoms with E-state index in [9.17, 15) is 0 Å². The van der Waals surface area contributed by atoms with Gasteiger partial charge in [0, 0.05) is 36.8 Å². The molecule has 2 aromatic heterocycles. The van der Waals surface area contributed by atoms with E-state index in [-0.39, 0.29) is 0 Å². The molecule has 0 N–H and O–H groups in total. The highest BCUT2D eigenvalue weighted by molar-refractivity contribution is 9.10. The fraction of sp³-hybridized carbons (Fsp3) is 0.700.